The Kier molecular flexibility index (Phi) is 5.95. The van der Waals surface area contributed by atoms with Gasteiger partial charge < -0.3 is 9.64 Å². The van der Waals surface area contributed by atoms with Gasteiger partial charge in [-0.25, -0.2) is 4.98 Å². The average Bonchev–Trinajstić information content (AvgIpc) is 2.47. The van der Waals surface area contributed by atoms with Gasteiger partial charge in [-0.05, 0) is 31.9 Å². The molecule has 1 aromatic heterocycles. The molecule has 0 amide bonds. The first-order valence-corrected chi connectivity index (χ1v) is 8.39. The predicted octanol–water partition coefficient (Wildman–Crippen LogP) is 4.01. The molecule has 0 N–H and O–H groups in total. The van der Waals surface area contributed by atoms with E-state index in [0.29, 0.717) is 12.6 Å². The van der Waals surface area contributed by atoms with Crippen LogP contribution in [0.4, 0.5) is 5.82 Å². The number of halogens is 1. The highest BCUT2D eigenvalue weighted by atomic mass is 79.9. The first-order valence-electron chi connectivity index (χ1n) is 7.27. The maximum absolute atomic E-state index is 5.74. The molecule has 0 aliphatic heterocycles. The fourth-order valence-electron chi connectivity index (χ4n) is 2.81. The average molecular weight is 327 g/mol. The topological polar surface area (TPSA) is 25.4 Å². The summed E-state index contributed by atoms with van der Waals surface area (Å²) in [6, 6.07) is 4.58. The molecule has 1 heterocycles. The summed E-state index contributed by atoms with van der Waals surface area (Å²) < 4.78 is 5.74. The molecule has 0 atom stereocenters. The Morgan fingerprint density at radius 3 is 2.84 bits per heavy atom. The highest BCUT2D eigenvalue weighted by molar-refractivity contribution is 9.09. The van der Waals surface area contributed by atoms with Crippen molar-refractivity contribution in [2.45, 2.75) is 45.1 Å². The Labute approximate surface area is 124 Å². The van der Waals surface area contributed by atoms with E-state index in [1.807, 2.05) is 25.3 Å². The van der Waals surface area contributed by atoms with Crippen molar-refractivity contribution in [1.29, 1.82) is 0 Å². The highest BCUT2D eigenvalue weighted by Gasteiger charge is 2.24. The van der Waals surface area contributed by atoms with E-state index in [1.54, 1.807) is 0 Å². The summed E-state index contributed by atoms with van der Waals surface area (Å²) in [7, 11) is 0. The van der Waals surface area contributed by atoms with Crippen LogP contribution in [0.15, 0.2) is 18.3 Å². The second kappa shape index (κ2) is 7.73. The Balaban J connectivity index is 2.21. The minimum absolute atomic E-state index is 0.611. The van der Waals surface area contributed by atoms with Gasteiger partial charge in [0.2, 0.25) is 0 Å². The zero-order valence-corrected chi connectivity index (χ0v) is 13.2. The SMILES string of the molecule is CCOc1cccnc1N(CCBr)C1CCCCC1. The van der Waals surface area contributed by atoms with Gasteiger partial charge >= 0.3 is 0 Å². The Morgan fingerprint density at radius 2 is 2.16 bits per heavy atom. The van der Waals surface area contributed by atoms with Gasteiger partial charge in [0.15, 0.2) is 11.6 Å². The summed E-state index contributed by atoms with van der Waals surface area (Å²) in [6.45, 7) is 3.69. The predicted molar refractivity (Wildman–Crippen MR) is 83.4 cm³/mol. The molecule has 19 heavy (non-hydrogen) atoms. The zero-order chi connectivity index (χ0) is 13.5. The summed E-state index contributed by atoms with van der Waals surface area (Å²) >= 11 is 3.57. The molecule has 4 heteroatoms. The maximum atomic E-state index is 5.74. The summed E-state index contributed by atoms with van der Waals surface area (Å²) in [5.74, 6) is 1.92. The van der Waals surface area contributed by atoms with Gasteiger partial charge in [0.25, 0.3) is 0 Å². The standard InChI is InChI=1S/C15H23BrN2O/c1-2-19-14-9-6-11-17-15(14)18(12-10-16)13-7-4-3-5-8-13/h6,9,11,13H,2-5,7-8,10,12H2,1H3. The van der Waals surface area contributed by atoms with Crippen LogP contribution in [-0.4, -0.2) is 29.5 Å². The molecule has 3 nitrogen and oxygen atoms in total. The molecule has 1 aliphatic carbocycles. The quantitative estimate of drug-likeness (QED) is 0.738. The minimum Gasteiger partial charge on any atom is -0.490 e. The van der Waals surface area contributed by atoms with E-state index in [1.165, 1.54) is 32.1 Å². The Morgan fingerprint density at radius 1 is 1.37 bits per heavy atom. The van der Waals surface area contributed by atoms with E-state index in [4.69, 9.17) is 4.74 Å². The van der Waals surface area contributed by atoms with Gasteiger partial charge in [-0.3, -0.25) is 0 Å². The van der Waals surface area contributed by atoms with E-state index in [-0.39, 0.29) is 0 Å². The van der Waals surface area contributed by atoms with Crippen molar-refractivity contribution in [3.8, 4) is 5.75 Å². The fraction of sp³-hybridized carbons (Fsp3) is 0.667. The summed E-state index contributed by atoms with van der Waals surface area (Å²) in [5.41, 5.74) is 0. The molecule has 106 valence electrons. The first-order chi connectivity index (χ1) is 9.36. The van der Waals surface area contributed by atoms with Crippen LogP contribution in [0.2, 0.25) is 0 Å². The second-order valence-electron chi connectivity index (χ2n) is 4.93. The summed E-state index contributed by atoms with van der Waals surface area (Å²) in [4.78, 5) is 7.00. The molecule has 0 spiro atoms. The molecule has 1 aromatic rings. The van der Waals surface area contributed by atoms with Crippen LogP contribution in [-0.2, 0) is 0 Å². The van der Waals surface area contributed by atoms with Crippen LogP contribution in [0.3, 0.4) is 0 Å². The van der Waals surface area contributed by atoms with Gasteiger partial charge in [0, 0.05) is 24.1 Å². The van der Waals surface area contributed by atoms with Crippen LogP contribution in [0.25, 0.3) is 0 Å². The van der Waals surface area contributed by atoms with Crippen molar-refractivity contribution < 1.29 is 4.74 Å². The molecule has 1 saturated carbocycles. The number of nitrogens with zero attached hydrogens (tertiary/aromatic N) is 2. The van der Waals surface area contributed by atoms with Gasteiger partial charge in [-0.2, -0.15) is 0 Å². The lowest BCUT2D eigenvalue weighted by atomic mass is 9.94. The third kappa shape index (κ3) is 3.85. The zero-order valence-electron chi connectivity index (χ0n) is 11.6. The van der Waals surface area contributed by atoms with Crippen molar-refractivity contribution in [2.75, 3.05) is 23.4 Å². The van der Waals surface area contributed by atoms with Gasteiger partial charge in [-0.1, -0.05) is 35.2 Å². The molecule has 1 fully saturated rings. The van der Waals surface area contributed by atoms with Crippen LogP contribution >= 0.6 is 15.9 Å². The van der Waals surface area contributed by atoms with Crippen molar-refractivity contribution in [1.82, 2.24) is 4.98 Å². The normalized spacial score (nSPS) is 16.3. The van der Waals surface area contributed by atoms with Crippen LogP contribution in [0, 0.1) is 0 Å². The van der Waals surface area contributed by atoms with E-state index in [2.05, 4.69) is 25.8 Å². The number of pyridine rings is 1. The second-order valence-corrected chi connectivity index (χ2v) is 5.73. The smallest absolute Gasteiger partial charge is 0.171 e. The number of alkyl halides is 1. The van der Waals surface area contributed by atoms with Gasteiger partial charge in [0.1, 0.15) is 0 Å². The van der Waals surface area contributed by atoms with Gasteiger partial charge in [-0.15, -0.1) is 0 Å². The van der Waals surface area contributed by atoms with Crippen LogP contribution < -0.4 is 9.64 Å². The fourth-order valence-corrected chi connectivity index (χ4v) is 3.19. The van der Waals surface area contributed by atoms with Gasteiger partial charge in [0.05, 0.1) is 6.61 Å². The summed E-state index contributed by atoms with van der Waals surface area (Å²) in [6.07, 6.45) is 8.45. The van der Waals surface area contributed by atoms with E-state index < -0.39 is 0 Å². The largest absolute Gasteiger partial charge is 0.490 e. The van der Waals surface area contributed by atoms with Crippen LogP contribution in [0.1, 0.15) is 39.0 Å². The number of aromatic nitrogens is 1. The van der Waals surface area contributed by atoms with Crippen LogP contribution in [0.5, 0.6) is 5.75 Å². The minimum atomic E-state index is 0.611. The first kappa shape index (κ1) is 14.6. The maximum Gasteiger partial charge on any atom is 0.171 e. The molecule has 1 aliphatic rings. The molecule has 2 rings (SSSR count). The molecule has 0 radical (unpaired) electrons. The monoisotopic (exact) mass is 326 g/mol. The lowest BCUT2D eigenvalue weighted by Gasteiger charge is -2.35. The molecule has 0 aromatic carbocycles. The van der Waals surface area contributed by atoms with E-state index in [0.717, 1.165) is 23.4 Å². The lowest BCUT2D eigenvalue weighted by Crippen LogP contribution is -2.39. The van der Waals surface area contributed by atoms with Crippen molar-refractivity contribution in [2.24, 2.45) is 0 Å². The molecular formula is C15H23BrN2O. The number of ether oxygens (including phenoxy) is 1. The molecule has 0 bridgehead atoms. The van der Waals surface area contributed by atoms with Crippen molar-refractivity contribution >= 4 is 21.7 Å². The number of hydrogen-bond donors (Lipinski definition) is 0. The third-order valence-electron chi connectivity index (χ3n) is 3.66. The molecular weight excluding hydrogens is 304 g/mol. The number of hydrogen-bond acceptors (Lipinski definition) is 3. The Bertz CT molecular complexity index is 380. The van der Waals surface area contributed by atoms with Crippen molar-refractivity contribution in [3.05, 3.63) is 18.3 Å². The Hall–Kier alpha value is -0.770. The van der Waals surface area contributed by atoms with Crippen molar-refractivity contribution in [3.63, 3.8) is 0 Å². The number of rotatable bonds is 6. The highest BCUT2D eigenvalue weighted by Crippen LogP contribution is 2.31. The lowest BCUT2D eigenvalue weighted by molar-refractivity contribution is 0.335. The molecule has 0 saturated heterocycles. The van der Waals surface area contributed by atoms with E-state index >= 15 is 0 Å². The third-order valence-corrected chi connectivity index (χ3v) is 4.02. The molecule has 0 unspecified atom stereocenters. The van der Waals surface area contributed by atoms with E-state index in [9.17, 15) is 0 Å². The summed E-state index contributed by atoms with van der Waals surface area (Å²) in [5, 5.41) is 0.964. The number of anilines is 1.